The summed E-state index contributed by atoms with van der Waals surface area (Å²) in [7, 11) is 0. The van der Waals surface area contributed by atoms with Crippen molar-refractivity contribution >= 4 is 29.1 Å². The quantitative estimate of drug-likeness (QED) is 0.866. The third-order valence-electron chi connectivity index (χ3n) is 2.27. The van der Waals surface area contributed by atoms with Crippen LogP contribution in [-0.2, 0) is 0 Å². The maximum Gasteiger partial charge on any atom is 0.324 e. The molecule has 4 nitrogen and oxygen atoms in total. The van der Waals surface area contributed by atoms with E-state index < -0.39 is 0 Å². The Balaban J connectivity index is 1.98. The molecule has 0 saturated heterocycles. The van der Waals surface area contributed by atoms with Gasteiger partial charge in [0.05, 0.1) is 0 Å². The number of benzene rings is 1. The van der Waals surface area contributed by atoms with Gasteiger partial charge in [0.1, 0.15) is 5.82 Å². The number of carbonyl (C=O) groups is 1. The molecule has 92 valence electrons. The molecule has 1 heterocycles. The summed E-state index contributed by atoms with van der Waals surface area (Å²) < 4.78 is 0. The largest absolute Gasteiger partial charge is 0.324 e. The van der Waals surface area contributed by atoms with Gasteiger partial charge in [0.25, 0.3) is 0 Å². The highest BCUT2D eigenvalue weighted by molar-refractivity contribution is 6.30. The van der Waals surface area contributed by atoms with Crippen molar-refractivity contribution in [3.63, 3.8) is 0 Å². The average Bonchev–Trinajstić information content (AvgIpc) is 2.32. The number of carbonyl (C=O) groups excluding carboxylic acids is 1. The summed E-state index contributed by atoms with van der Waals surface area (Å²) in [5, 5.41) is 5.83. The smallest absolute Gasteiger partial charge is 0.308 e. The maximum absolute atomic E-state index is 11.7. The number of rotatable bonds is 2. The van der Waals surface area contributed by atoms with Gasteiger partial charge in [-0.3, -0.25) is 5.32 Å². The van der Waals surface area contributed by atoms with Crippen molar-refractivity contribution in [2.24, 2.45) is 0 Å². The average molecular weight is 262 g/mol. The predicted molar refractivity (Wildman–Crippen MR) is 73.1 cm³/mol. The van der Waals surface area contributed by atoms with Crippen LogP contribution in [0.3, 0.4) is 0 Å². The Morgan fingerprint density at radius 3 is 2.56 bits per heavy atom. The summed E-state index contributed by atoms with van der Waals surface area (Å²) in [4.78, 5) is 15.7. The molecule has 0 fully saturated rings. The number of amides is 2. The molecule has 0 aliphatic heterocycles. The first-order chi connectivity index (χ1) is 8.63. The summed E-state index contributed by atoms with van der Waals surface area (Å²) in [5.74, 6) is 0.409. The van der Waals surface area contributed by atoms with Crippen LogP contribution in [0, 0.1) is 6.92 Å². The van der Waals surface area contributed by atoms with Gasteiger partial charge in [-0.05, 0) is 31.2 Å². The minimum absolute atomic E-state index is 0.353. The Kier molecular flexibility index (Phi) is 3.79. The van der Waals surface area contributed by atoms with Gasteiger partial charge in [0.2, 0.25) is 0 Å². The maximum atomic E-state index is 11.7. The molecule has 18 heavy (non-hydrogen) atoms. The van der Waals surface area contributed by atoms with E-state index in [4.69, 9.17) is 11.6 Å². The van der Waals surface area contributed by atoms with Crippen LogP contribution < -0.4 is 10.6 Å². The molecule has 2 rings (SSSR count). The molecule has 0 aliphatic rings. The highest BCUT2D eigenvalue weighted by Gasteiger charge is 2.03. The number of hydrogen-bond donors (Lipinski definition) is 2. The zero-order valence-corrected chi connectivity index (χ0v) is 10.5. The van der Waals surface area contributed by atoms with Crippen molar-refractivity contribution in [1.82, 2.24) is 4.98 Å². The van der Waals surface area contributed by atoms with Gasteiger partial charge in [0.15, 0.2) is 0 Å². The second-order valence-corrected chi connectivity index (χ2v) is 4.24. The van der Waals surface area contributed by atoms with Crippen molar-refractivity contribution in [2.45, 2.75) is 6.92 Å². The summed E-state index contributed by atoms with van der Waals surface area (Å²) in [5.41, 5.74) is 1.86. The van der Waals surface area contributed by atoms with Crippen LogP contribution in [-0.4, -0.2) is 11.0 Å². The van der Waals surface area contributed by atoms with E-state index in [0.717, 1.165) is 11.3 Å². The highest BCUT2D eigenvalue weighted by Crippen LogP contribution is 2.13. The zero-order chi connectivity index (χ0) is 13.0. The van der Waals surface area contributed by atoms with Crippen molar-refractivity contribution in [3.8, 4) is 0 Å². The second-order valence-electron chi connectivity index (χ2n) is 3.80. The monoisotopic (exact) mass is 261 g/mol. The van der Waals surface area contributed by atoms with E-state index in [1.165, 1.54) is 6.20 Å². The van der Waals surface area contributed by atoms with Gasteiger partial charge in [-0.15, -0.1) is 0 Å². The molecule has 0 spiro atoms. The van der Waals surface area contributed by atoms with Gasteiger partial charge in [0, 0.05) is 16.9 Å². The molecule has 0 radical (unpaired) electrons. The van der Waals surface area contributed by atoms with E-state index in [0.29, 0.717) is 10.8 Å². The molecular formula is C13H12ClN3O. The standard InChI is InChI=1S/C13H12ClN3O/c1-9-2-4-11(5-3-9)16-13(18)17-12-8-10(14)6-7-15-12/h2-8H,1H3,(H2,15,16,17,18). The fraction of sp³-hybridized carbons (Fsp3) is 0.0769. The van der Waals surface area contributed by atoms with Crippen LogP contribution >= 0.6 is 11.6 Å². The molecule has 0 bridgehead atoms. The van der Waals surface area contributed by atoms with Gasteiger partial charge < -0.3 is 5.32 Å². The fourth-order valence-corrected chi connectivity index (χ4v) is 1.55. The van der Waals surface area contributed by atoms with Crippen LogP contribution in [0.5, 0.6) is 0 Å². The van der Waals surface area contributed by atoms with Gasteiger partial charge in [-0.2, -0.15) is 0 Å². The second kappa shape index (κ2) is 5.51. The van der Waals surface area contributed by atoms with Crippen LogP contribution in [0.4, 0.5) is 16.3 Å². The fourth-order valence-electron chi connectivity index (χ4n) is 1.39. The lowest BCUT2D eigenvalue weighted by atomic mass is 10.2. The normalized spacial score (nSPS) is 9.89. The molecule has 1 aromatic heterocycles. The van der Waals surface area contributed by atoms with Crippen molar-refractivity contribution in [1.29, 1.82) is 0 Å². The number of nitrogens with one attached hydrogen (secondary N) is 2. The van der Waals surface area contributed by atoms with E-state index >= 15 is 0 Å². The molecule has 5 heteroatoms. The third kappa shape index (κ3) is 3.46. The van der Waals surface area contributed by atoms with Crippen molar-refractivity contribution < 1.29 is 4.79 Å². The molecule has 2 N–H and O–H groups in total. The van der Waals surface area contributed by atoms with Crippen LogP contribution in [0.15, 0.2) is 42.6 Å². The van der Waals surface area contributed by atoms with E-state index in [9.17, 15) is 4.79 Å². The Bertz CT molecular complexity index is 554. The number of aromatic nitrogens is 1. The molecular weight excluding hydrogens is 250 g/mol. The highest BCUT2D eigenvalue weighted by atomic mass is 35.5. The summed E-state index contributed by atoms with van der Waals surface area (Å²) in [6.07, 6.45) is 1.53. The van der Waals surface area contributed by atoms with Crippen LogP contribution in [0.2, 0.25) is 5.02 Å². The summed E-state index contributed by atoms with van der Waals surface area (Å²) >= 11 is 5.79. The first-order valence-corrected chi connectivity index (χ1v) is 5.77. The first-order valence-electron chi connectivity index (χ1n) is 5.40. The molecule has 0 saturated carbocycles. The van der Waals surface area contributed by atoms with E-state index in [1.807, 2.05) is 31.2 Å². The molecule has 1 aromatic carbocycles. The summed E-state index contributed by atoms with van der Waals surface area (Å²) in [6, 6.07) is 10.4. The minimum Gasteiger partial charge on any atom is -0.308 e. The van der Waals surface area contributed by atoms with Gasteiger partial charge in [-0.1, -0.05) is 29.3 Å². The van der Waals surface area contributed by atoms with E-state index in [1.54, 1.807) is 12.1 Å². The van der Waals surface area contributed by atoms with Gasteiger partial charge >= 0.3 is 6.03 Å². The first kappa shape index (κ1) is 12.4. The van der Waals surface area contributed by atoms with Crippen molar-refractivity contribution in [3.05, 3.63) is 53.2 Å². The molecule has 0 atom stereocenters. The topological polar surface area (TPSA) is 54.0 Å². The van der Waals surface area contributed by atoms with Crippen molar-refractivity contribution in [2.75, 3.05) is 10.6 Å². The van der Waals surface area contributed by atoms with Gasteiger partial charge in [-0.25, -0.2) is 9.78 Å². The predicted octanol–water partition coefficient (Wildman–Crippen LogP) is 3.69. The zero-order valence-electron chi connectivity index (χ0n) is 9.77. The number of nitrogens with zero attached hydrogens (tertiary/aromatic N) is 1. The molecule has 0 unspecified atom stereocenters. The number of urea groups is 1. The van der Waals surface area contributed by atoms with Crippen LogP contribution in [0.25, 0.3) is 0 Å². The Morgan fingerprint density at radius 1 is 1.17 bits per heavy atom. The number of anilines is 2. The number of aryl methyl sites for hydroxylation is 1. The Hall–Kier alpha value is -2.07. The Morgan fingerprint density at radius 2 is 1.89 bits per heavy atom. The number of halogens is 1. The minimum atomic E-state index is -0.353. The van der Waals surface area contributed by atoms with E-state index in [2.05, 4.69) is 15.6 Å². The molecule has 0 aliphatic carbocycles. The molecule has 2 aromatic rings. The number of hydrogen-bond acceptors (Lipinski definition) is 2. The number of pyridine rings is 1. The molecule has 2 amide bonds. The lowest BCUT2D eigenvalue weighted by Gasteiger charge is -2.07. The lowest BCUT2D eigenvalue weighted by Crippen LogP contribution is -2.19. The SMILES string of the molecule is Cc1ccc(NC(=O)Nc2cc(Cl)ccn2)cc1. The summed E-state index contributed by atoms with van der Waals surface area (Å²) in [6.45, 7) is 1.99. The van der Waals surface area contributed by atoms with Crippen LogP contribution in [0.1, 0.15) is 5.56 Å². The lowest BCUT2D eigenvalue weighted by molar-refractivity contribution is 0.262. The Labute approximate surface area is 110 Å². The van der Waals surface area contributed by atoms with E-state index in [-0.39, 0.29) is 6.03 Å². The third-order valence-corrected chi connectivity index (χ3v) is 2.51.